The highest BCUT2D eigenvalue weighted by Crippen LogP contribution is 2.36. The van der Waals surface area contributed by atoms with Crippen molar-refractivity contribution in [3.05, 3.63) is 0 Å². The SMILES string of the molecule is CC(=O)O[C@@H]1[C@H](OC(C)=O)[C@H](OC(C)=O)CN2C[C@@H](OC(C)=O)[C@@H](OC(C)=O)[C@H]12. The predicted octanol–water partition coefficient (Wildman–Crippen LogP) is -0.657. The van der Waals surface area contributed by atoms with Crippen LogP contribution in [0.1, 0.15) is 34.6 Å². The molecule has 0 unspecified atom stereocenters. The molecule has 29 heavy (non-hydrogen) atoms. The Balaban J connectivity index is 2.46. The van der Waals surface area contributed by atoms with Crippen molar-refractivity contribution in [2.45, 2.75) is 71.2 Å². The molecule has 2 heterocycles. The van der Waals surface area contributed by atoms with Gasteiger partial charge in [0.15, 0.2) is 30.5 Å². The van der Waals surface area contributed by atoms with Gasteiger partial charge >= 0.3 is 29.8 Å². The lowest BCUT2D eigenvalue weighted by Crippen LogP contribution is -2.64. The van der Waals surface area contributed by atoms with E-state index in [4.69, 9.17) is 23.7 Å². The second-order valence-electron chi connectivity index (χ2n) is 6.96. The fourth-order valence-electron chi connectivity index (χ4n) is 3.85. The summed E-state index contributed by atoms with van der Waals surface area (Å²) in [5, 5.41) is 0. The van der Waals surface area contributed by atoms with Crippen LogP contribution in [0.2, 0.25) is 0 Å². The molecule has 2 aliphatic rings. The summed E-state index contributed by atoms with van der Waals surface area (Å²) in [6, 6.07) is -0.775. The van der Waals surface area contributed by atoms with Crippen LogP contribution in [0, 0.1) is 0 Å². The highest BCUT2D eigenvalue weighted by Gasteiger charge is 2.59. The van der Waals surface area contributed by atoms with E-state index in [1.165, 1.54) is 34.6 Å². The molecule has 0 aliphatic carbocycles. The molecule has 0 aromatic heterocycles. The number of nitrogens with zero attached hydrogens (tertiary/aromatic N) is 1. The maximum absolute atomic E-state index is 11.8. The van der Waals surface area contributed by atoms with E-state index < -0.39 is 66.4 Å². The zero-order chi connectivity index (χ0) is 21.9. The summed E-state index contributed by atoms with van der Waals surface area (Å²) >= 11 is 0. The third-order valence-electron chi connectivity index (χ3n) is 4.52. The molecule has 0 aromatic rings. The van der Waals surface area contributed by atoms with E-state index >= 15 is 0 Å². The molecule has 2 saturated heterocycles. The van der Waals surface area contributed by atoms with Gasteiger partial charge in [-0.25, -0.2) is 0 Å². The number of hydrogen-bond donors (Lipinski definition) is 0. The molecule has 0 radical (unpaired) electrons. The number of carbonyl (C=O) groups excluding carboxylic acids is 5. The number of ether oxygens (including phenoxy) is 5. The van der Waals surface area contributed by atoms with Gasteiger partial charge in [0.2, 0.25) is 0 Å². The minimum Gasteiger partial charge on any atom is -0.457 e. The van der Waals surface area contributed by atoms with Gasteiger partial charge in [-0.3, -0.25) is 28.9 Å². The zero-order valence-electron chi connectivity index (χ0n) is 16.9. The third-order valence-corrected chi connectivity index (χ3v) is 4.52. The molecule has 162 valence electrons. The van der Waals surface area contributed by atoms with Crippen molar-refractivity contribution in [1.29, 1.82) is 0 Å². The van der Waals surface area contributed by atoms with Gasteiger partial charge in [-0.2, -0.15) is 0 Å². The molecule has 0 saturated carbocycles. The van der Waals surface area contributed by atoms with Crippen LogP contribution < -0.4 is 0 Å². The van der Waals surface area contributed by atoms with Crippen LogP contribution in [-0.4, -0.2) is 84.4 Å². The minimum absolute atomic E-state index is 0.0927. The first-order valence-electron chi connectivity index (χ1n) is 9.09. The van der Waals surface area contributed by atoms with Gasteiger partial charge in [-0.05, 0) is 0 Å². The van der Waals surface area contributed by atoms with Crippen LogP contribution in [0.4, 0.5) is 0 Å². The number of piperidine rings is 1. The highest BCUT2D eigenvalue weighted by atomic mass is 16.6. The molecular formula is C18H25NO10. The Kier molecular flexibility index (Phi) is 7.17. The average molecular weight is 415 g/mol. The quantitative estimate of drug-likeness (QED) is 0.418. The zero-order valence-corrected chi connectivity index (χ0v) is 16.9. The van der Waals surface area contributed by atoms with E-state index in [0.717, 1.165) is 0 Å². The Morgan fingerprint density at radius 3 is 1.31 bits per heavy atom. The summed E-state index contributed by atoms with van der Waals surface area (Å²) < 4.78 is 26.7. The molecule has 0 N–H and O–H groups in total. The van der Waals surface area contributed by atoms with Crippen molar-refractivity contribution in [2.24, 2.45) is 0 Å². The van der Waals surface area contributed by atoms with Gasteiger partial charge in [0.1, 0.15) is 0 Å². The molecule has 0 bridgehead atoms. The van der Waals surface area contributed by atoms with Crippen LogP contribution in [-0.2, 0) is 47.7 Å². The fraction of sp³-hybridized carbons (Fsp3) is 0.722. The van der Waals surface area contributed by atoms with Crippen molar-refractivity contribution in [3.8, 4) is 0 Å². The standard InChI is InChI=1S/C18H25NO10/c1-8(20)25-13-6-19-7-14(26-9(2)21)17(28-11(4)23)18(29-12(5)24)15(19)16(13)27-10(3)22/h13-18H,6-7H2,1-5H3/t13-,14-,15-,16-,17-,18+/m1/s1. The molecule has 2 rings (SSSR count). The van der Waals surface area contributed by atoms with Crippen molar-refractivity contribution in [2.75, 3.05) is 13.1 Å². The number of hydrogen-bond acceptors (Lipinski definition) is 11. The van der Waals surface area contributed by atoms with Crippen LogP contribution in [0.5, 0.6) is 0 Å². The minimum atomic E-state index is -1.13. The summed E-state index contributed by atoms with van der Waals surface area (Å²) in [5.74, 6) is -3.16. The summed E-state index contributed by atoms with van der Waals surface area (Å²) in [7, 11) is 0. The van der Waals surface area contributed by atoms with Gasteiger partial charge in [0.05, 0.1) is 6.04 Å². The third kappa shape index (κ3) is 5.66. The molecule has 2 aliphatic heterocycles. The van der Waals surface area contributed by atoms with Gasteiger partial charge in [0, 0.05) is 47.7 Å². The average Bonchev–Trinajstić information content (AvgIpc) is 2.85. The first-order chi connectivity index (χ1) is 13.5. The van der Waals surface area contributed by atoms with E-state index in [-0.39, 0.29) is 13.1 Å². The first-order valence-corrected chi connectivity index (χ1v) is 9.09. The summed E-state index contributed by atoms with van der Waals surface area (Å²) in [6.07, 6.45) is -5.01. The number of carbonyl (C=O) groups is 5. The van der Waals surface area contributed by atoms with E-state index in [1.807, 2.05) is 0 Å². The van der Waals surface area contributed by atoms with Crippen molar-refractivity contribution in [3.63, 3.8) is 0 Å². The molecule has 6 atom stereocenters. The van der Waals surface area contributed by atoms with Crippen LogP contribution in [0.15, 0.2) is 0 Å². The van der Waals surface area contributed by atoms with Crippen LogP contribution in [0.3, 0.4) is 0 Å². The monoisotopic (exact) mass is 415 g/mol. The number of fused-ring (bicyclic) bond motifs is 1. The Hall–Kier alpha value is -2.69. The van der Waals surface area contributed by atoms with E-state index in [0.29, 0.717) is 0 Å². The van der Waals surface area contributed by atoms with Gasteiger partial charge in [-0.15, -0.1) is 0 Å². The lowest BCUT2D eigenvalue weighted by atomic mass is 9.91. The summed E-state index contributed by atoms with van der Waals surface area (Å²) in [5.41, 5.74) is 0. The van der Waals surface area contributed by atoms with E-state index in [9.17, 15) is 24.0 Å². The van der Waals surface area contributed by atoms with Gasteiger partial charge < -0.3 is 23.7 Å². The highest BCUT2D eigenvalue weighted by molar-refractivity contribution is 5.69. The maximum atomic E-state index is 11.8. The van der Waals surface area contributed by atoms with Gasteiger partial charge in [-0.1, -0.05) is 0 Å². The Bertz CT molecular complexity index is 692. The lowest BCUT2D eigenvalue weighted by Gasteiger charge is -2.44. The first kappa shape index (κ1) is 22.6. The Morgan fingerprint density at radius 2 is 0.897 bits per heavy atom. The van der Waals surface area contributed by atoms with Crippen LogP contribution in [0.25, 0.3) is 0 Å². The lowest BCUT2D eigenvalue weighted by molar-refractivity contribution is -0.207. The second kappa shape index (κ2) is 9.21. The topological polar surface area (TPSA) is 135 Å². The smallest absolute Gasteiger partial charge is 0.303 e. The van der Waals surface area contributed by atoms with Crippen molar-refractivity contribution >= 4 is 29.8 Å². The molecule has 0 aromatic carbocycles. The second-order valence-corrected chi connectivity index (χ2v) is 6.96. The molecule has 0 amide bonds. The van der Waals surface area contributed by atoms with Gasteiger partial charge in [0.25, 0.3) is 0 Å². The Labute approximate surface area is 167 Å². The summed E-state index contributed by atoms with van der Waals surface area (Å²) in [6.45, 7) is 6.19. The Morgan fingerprint density at radius 1 is 0.552 bits per heavy atom. The maximum Gasteiger partial charge on any atom is 0.303 e. The van der Waals surface area contributed by atoms with Crippen molar-refractivity contribution in [1.82, 2.24) is 4.90 Å². The molecule has 11 heteroatoms. The van der Waals surface area contributed by atoms with Crippen molar-refractivity contribution < 1.29 is 47.7 Å². The fourth-order valence-corrected chi connectivity index (χ4v) is 3.85. The number of esters is 5. The number of rotatable bonds is 5. The van der Waals surface area contributed by atoms with E-state index in [2.05, 4.69) is 0 Å². The normalized spacial score (nSPS) is 31.2. The predicted molar refractivity (Wildman–Crippen MR) is 93.1 cm³/mol. The molecule has 2 fully saturated rings. The molecular weight excluding hydrogens is 390 g/mol. The molecule has 0 spiro atoms. The summed E-state index contributed by atoms with van der Waals surface area (Å²) in [4.78, 5) is 59.9. The molecule has 11 nitrogen and oxygen atoms in total. The van der Waals surface area contributed by atoms with E-state index in [1.54, 1.807) is 4.90 Å². The van der Waals surface area contributed by atoms with Crippen LogP contribution >= 0.6 is 0 Å². The largest absolute Gasteiger partial charge is 0.457 e.